The summed E-state index contributed by atoms with van der Waals surface area (Å²) in [6.45, 7) is 2.97. The van der Waals surface area contributed by atoms with Gasteiger partial charge in [-0.15, -0.1) is 0 Å². The van der Waals surface area contributed by atoms with Crippen LogP contribution in [0.25, 0.3) is 10.9 Å². The van der Waals surface area contributed by atoms with Crippen LogP contribution >= 0.6 is 0 Å². The van der Waals surface area contributed by atoms with Crippen LogP contribution in [0, 0.1) is 0 Å². The fraction of sp³-hybridized carbons (Fsp3) is 0.290. The van der Waals surface area contributed by atoms with Gasteiger partial charge in [0.25, 0.3) is 11.8 Å². The second kappa shape index (κ2) is 11.9. The van der Waals surface area contributed by atoms with Crippen LogP contribution in [0.2, 0.25) is 0 Å². The van der Waals surface area contributed by atoms with Gasteiger partial charge in [-0.25, -0.2) is 0 Å². The Morgan fingerprint density at radius 2 is 1.69 bits per heavy atom. The summed E-state index contributed by atoms with van der Waals surface area (Å²) < 4.78 is 1.82. The molecule has 3 amide bonds. The summed E-state index contributed by atoms with van der Waals surface area (Å²) in [4.78, 5) is 41.2. The van der Waals surface area contributed by atoms with Crippen molar-refractivity contribution in [1.29, 1.82) is 0 Å². The molecular weight excluding hydrogens is 490 g/mol. The van der Waals surface area contributed by atoms with Crippen molar-refractivity contribution < 1.29 is 14.4 Å². The third-order valence-electron chi connectivity index (χ3n) is 7.08. The summed E-state index contributed by atoms with van der Waals surface area (Å²) in [7, 11) is 1.80. The number of nitrogens with zero attached hydrogens (tertiary/aromatic N) is 4. The lowest BCUT2D eigenvalue weighted by molar-refractivity contribution is -0.127. The zero-order chi connectivity index (χ0) is 27.2. The van der Waals surface area contributed by atoms with E-state index in [0.717, 1.165) is 35.0 Å². The van der Waals surface area contributed by atoms with E-state index in [0.29, 0.717) is 50.3 Å². The van der Waals surface area contributed by atoms with Crippen LogP contribution in [0.3, 0.4) is 0 Å². The SMILES string of the molecule is CN(Cc1ccccc1)C(=O)c1ccc(Cn2nc(C(=O)NCCCN3CCCC3=O)c3ccccc32)cc1. The van der Waals surface area contributed by atoms with Crippen molar-refractivity contribution in [1.82, 2.24) is 24.9 Å². The van der Waals surface area contributed by atoms with Gasteiger partial charge in [0.2, 0.25) is 5.91 Å². The average Bonchev–Trinajstić information content (AvgIpc) is 3.54. The molecule has 8 nitrogen and oxygen atoms in total. The second-order valence-electron chi connectivity index (χ2n) is 9.96. The highest BCUT2D eigenvalue weighted by atomic mass is 16.2. The zero-order valence-electron chi connectivity index (χ0n) is 22.2. The third kappa shape index (κ3) is 6.17. The highest BCUT2D eigenvalue weighted by molar-refractivity contribution is 6.04. The van der Waals surface area contributed by atoms with E-state index in [-0.39, 0.29) is 17.7 Å². The number of hydrogen-bond acceptors (Lipinski definition) is 4. The summed E-state index contributed by atoms with van der Waals surface area (Å²) in [5, 5.41) is 8.40. The topological polar surface area (TPSA) is 87.5 Å². The molecule has 8 heteroatoms. The molecule has 0 bridgehead atoms. The molecule has 39 heavy (non-hydrogen) atoms. The van der Waals surface area contributed by atoms with Crippen molar-refractivity contribution in [3.05, 3.63) is 101 Å². The van der Waals surface area contributed by atoms with Gasteiger partial charge in [0, 0.05) is 50.6 Å². The number of benzene rings is 3. The van der Waals surface area contributed by atoms with Crippen molar-refractivity contribution in [2.24, 2.45) is 0 Å². The van der Waals surface area contributed by atoms with Crippen LogP contribution in [0.5, 0.6) is 0 Å². The first-order chi connectivity index (χ1) is 19.0. The maximum Gasteiger partial charge on any atom is 0.272 e. The van der Waals surface area contributed by atoms with Gasteiger partial charge in [0.05, 0.1) is 12.1 Å². The standard InChI is InChI=1S/C31H33N5O3/c1-34(21-23-9-3-2-4-10-23)31(39)25-16-14-24(15-17-25)22-36-27-12-6-5-11-26(27)29(33-36)30(38)32-18-8-20-35-19-7-13-28(35)37/h2-6,9-12,14-17H,7-8,13,18-22H2,1H3,(H,32,38). The summed E-state index contributed by atoms with van der Waals surface area (Å²) in [6, 6.07) is 25.1. The van der Waals surface area contributed by atoms with Crippen LogP contribution in [-0.4, -0.2) is 64.0 Å². The van der Waals surface area contributed by atoms with Crippen molar-refractivity contribution in [2.75, 3.05) is 26.7 Å². The lowest BCUT2D eigenvalue weighted by Crippen LogP contribution is -2.31. The van der Waals surface area contributed by atoms with E-state index in [2.05, 4.69) is 10.4 Å². The molecule has 1 saturated heterocycles. The summed E-state index contributed by atoms with van der Waals surface area (Å²) in [5.74, 6) is -0.0641. The lowest BCUT2D eigenvalue weighted by atomic mass is 10.1. The van der Waals surface area contributed by atoms with Crippen molar-refractivity contribution >= 4 is 28.6 Å². The van der Waals surface area contributed by atoms with Crippen molar-refractivity contribution in [3.63, 3.8) is 0 Å². The van der Waals surface area contributed by atoms with E-state index in [4.69, 9.17) is 0 Å². The van der Waals surface area contributed by atoms with Crippen LogP contribution in [-0.2, 0) is 17.9 Å². The van der Waals surface area contributed by atoms with Gasteiger partial charge < -0.3 is 15.1 Å². The molecule has 2 heterocycles. The smallest absolute Gasteiger partial charge is 0.272 e. The lowest BCUT2D eigenvalue weighted by Gasteiger charge is -2.17. The Balaban J connectivity index is 1.23. The van der Waals surface area contributed by atoms with Crippen molar-refractivity contribution in [2.45, 2.75) is 32.4 Å². The molecule has 200 valence electrons. The molecule has 1 fully saturated rings. The van der Waals surface area contributed by atoms with E-state index in [9.17, 15) is 14.4 Å². The van der Waals surface area contributed by atoms with E-state index >= 15 is 0 Å². The molecule has 1 aliphatic rings. The largest absolute Gasteiger partial charge is 0.351 e. The molecule has 4 aromatic rings. The molecule has 0 atom stereocenters. The molecule has 3 aromatic carbocycles. The van der Waals surface area contributed by atoms with Gasteiger partial charge in [0.15, 0.2) is 5.69 Å². The van der Waals surface area contributed by atoms with E-state index in [1.807, 2.05) is 88.4 Å². The first kappa shape index (κ1) is 26.2. The highest BCUT2D eigenvalue weighted by Gasteiger charge is 2.20. The second-order valence-corrected chi connectivity index (χ2v) is 9.96. The van der Waals surface area contributed by atoms with Gasteiger partial charge in [-0.3, -0.25) is 19.1 Å². The molecule has 0 unspecified atom stereocenters. The Morgan fingerprint density at radius 3 is 2.44 bits per heavy atom. The number of nitrogens with one attached hydrogen (secondary N) is 1. The Labute approximate surface area is 228 Å². The van der Waals surface area contributed by atoms with E-state index in [1.165, 1.54) is 0 Å². The molecule has 0 aliphatic carbocycles. The number of fused-ring (bicyclic) bond motifs is 1. The number of para-hydroxylation sites is 1. The van der Waals surface area contributed by atoms with Gasteiger partial charge in [0.1, 0.15) is 0 Å². The number of likely N-dealkylation sites (tertiary alicyclic amines) is 1. The zero-order valence-corrected chi connectivity index (χ0v) is 22.2. The monoisotopic (exact) mass is 523 g/mol. The Kier molecular flexibility index (Phi) is 8.01. The predicted octanol–water partition coefficient (Wildman–Crippen LogP) is 4.10. The summed E-state index contributed by atoms with van der Waals surface area (Å²) in [6.07, 6.45) is 2.25. The maximum absolute atomic E-state index is 13.0. The minimum Gasteiger partial charge on any atom is -0.351 e. The minimum atomic E-state index is -0.222. The Morgan fingerprint density at radius 1 is 0.949 bits per heavy atom. The van der Waals surface area contributed by atoms with Gasteiger partial charge in [-0.1, -0.05) is 60.7 Å². The predicted molar refractivity (Wildman–Crippen MR) is 150 cm³/mol. The van der Waals surface area contributed by atoms with Crippen LogP contribution < -0.4 is 5.32 Å². The fourth-order valence-electron chi connectivity index (χ4n) is 4.99. The number of hydrogen-bond donors (Lipinski definition) is 1. The van der Waals surface area contributed by atoms with Crippen LogP contribution in [0.4, 0.5) is 0 Å². The molecule has 0 spiro atoms. The van der Waals surface area contributed by atoms with Gasteiger partial charge in [-0.2, -0.15) is 5.10 Å². The molecule has 1 aliphatic heterocycles. The Hall–Kier alpha value is -4.46. The van der Waals surface area contributed by atoms with Crippen LogP contribution in [0.15, 0.2) is 78.9 Å². The van der Waals surface area contributed by atoms with E-state index < -0.39 is 0 Å². The summed E-state index contributed by atoms with van der Waals surface area (Å²) >= 11 is 0. The maximum atomic E-state index is 13.0. The minimum absolute atomic E-state index is 0.0389. The quantitative estimate of drug-likeness (QED) is 0.317. The van der Waals surface area contributed by atoms with Crippen molar-refractivity contribution in [3.8, 4) is 0 Å². The first-order valence-corrected chi connectivity index (χ1v) is 13.4. The van der Waals surface area contributed by atoms with Gasteiger partial charge >= 0.3 is 0 Å². The fourth-order valence-corrected chi connectivity index (χ4v) is 4.99. The Bertz CT molecular complexity index is 1460. The number of carbonyl (C=O) groups is 3. The highest BCUT2D eigenvalue weighted by Crippen LogP contribution is 2.20. The molecule has 5 rings (SSSR count). The number of rotatable bonds is 10. The molecule has 1 aromatic heterocycles. The van der Waals surface area contributed by atoms with E-state index in [1.54, 1.807) is 11.9 Å². The van der Waals surface area contributed by atoms with Gasteiger partial charge in [-0.05, 0) is 42.2 Å². The normalized spacial score (nSPS) is 13.2. The number of aromatic nitrogens is 2. The molecule has 1 N–H and O–H groups in total. The molecule has 0 radical (unpaired) electrons. The average molecular weight is 524 g/mol. The summed E-state index contributed by atoms with van der Waals surface area (Å²) in [5.41, 5.74) is 3.94. The van der Waals surface area contributed by atoms with Crippen LogP contribution in [0.1, 0.15) is 51.2 Å². The molecule has 0 saturated carbocycles. The third-order valence-corrected chi connectivity index (χ3v) is 7.08. The molecular formula is C31H33N5O3. The number of amides is 3. The first-order valence-electron chi connectivity index (χ1n) is 13.4. The number of carbonyl (C=O) groups excluding carboxylic acids is 3.